The van der Waals surface area contributed by atoms with E-state index in [4.69, 9.17) is 16.6 Å². The predicted octanol–water partition coefficient (Wildman–Crippen LogP) is 7.22. The molecule has 0 saturated carbocycles. The summed E-state index contributed by atoms with van der Waals surface area (Å²) in [7, 11) is -0.755. The largest absolute Gasteiger partial charge is 0.256 e. The summed E-state index contributed by atoms with van der Waals surface area (Å²) in [5, 5.41) is 4.49. The molecule has 0 bridgehead atoms. The van der Waals surface area contributed by atoms with Crippen LogP contribution in [0.2, 0.25) is 5.02 Å². The summed E-state index contributed by atoms with van der Waals surface area (Å²) < 4.78 is 0. The number of hydrogen-bond donors (Lipinski definition) is 0. The second kappa shape index (κ2) is 10.2. The van der Waals surface area contributed by atoms with Crippen molar-refractivity contribution in [2.45, 2.75) is 0 Å². The van der Waals surface area contributed by atoms with Gasteiger partial charge in [-0.3, -0.25) is 4.99 Å². The van der Waals surface area contributed by atoms with Gasteiger partial charge in [0.2, 0.25) is 0 Å². The minimum absolute atomic E-state index is 0.713. The monoisotopic (exact) mass is 425 g/mol. The number of nitrogens with zero attached hydrogens (tertiary/aromatic N) is 1. The number of benzene rings is 4. The van der Waals surface area contributed by atoms with E-state index >= 15 is 0 Å². The molecule has 0 N–H and O–H groups in total. The standard InChI is InChI=1S/C27H21ClNP/c28-23-16-18-24(19-17-23)29-21-27(20-22-10-4-1-5-11-22)30(25-12-6-2-7-13-25)26-14-8-3-9-15-26/h1-21H/b27-20+,29-21?. The first-order valence-electron chi connectivity index (χ1n) is 9.76. The molecule has 4 aromatic rings. The molecule has 0 aliphatic carbocycles. The van der Waals surface area contributed by atoms with Gasteiger partial charge in [0.25, 0.3) is 0 Å². The Bertz CT molecular complexity index is 1080. The highest BCUT2D eigenvalue weighted by Gasteiger charge is 2.17. The lowest BCUT2D eigenvalue weighted by Crippen LogP contribution is -2.13. The molecule has 0 fully saturated rings. The number of hydrogen-bond acceptors (Lipinski definition) is 1. The molecule has 0 saturated heterocycles. The van der Waals surface area contributed by atoms with Crippen molar-refractivity contribution in [2.24, 2.45) is 4.99 Å². The van der Waals surface area contributed by atoms with Gasteiger partial charge in [-0.25, -0.2) is 0 Å². The number of allylic oxidation sites excluding steroid dienone is 1. The van der Waals surface area contributed by atoms with Gasteiger partial charge < -0.3 is 0 Å². The van der Waals surface area contributed by atoms with Gasteiger partial charge in [0.05, 0.1) is 5.69 Å². The Morgan fingerprint density at radius 3 is 1.67 bits per heavy atom. The van der Waals surface area contributed by atoms with Crippen molar-refractivity contribution >= 4 is 48.1 Å². The van der Waals surface area contributed by atoms with Crippen molar-refractivity contribution in [3.8, 4) is 0 Å². The zero-order chi connectivity index (χ0) is 20.6. The third-order valence-electron chi connectivity index (χ3n) is 4.57. The van der Waals surface area contributed by atoms with E-state index < -0.39 is 7.92 Å². The molecule has 0 spiro atoms. The zero-order valence-corrected chi connectivity index (χ0v) is 18.0. The van der Waals surface area contributed by atoms with E-state index in [1.165, 1.54) is 15.9 Å². The van der Waals surface area contributed by atoms with E-state index in [2.05, 4.69) is 91.0 Å². The molecule has 146 valence electrons. The predicted molar refractivity (Wildman–Crippen MR) is 133 cm³/mol. The first kappa shape index (κ1) is 20.3. The number of aliphatic imine (C=N–C) groups is 1. The zero-order valence-electron chi connectivity index (χ0n) is 16.4. The van der Waals surface area contributed by atoms with Crippen molar-refractivity contribution in [3.05, 3.63) is 131 Å². The summed E-state index contributed by atoms with van der Waals surface area (Å²) in [6.45, 7) is 0. The van der Waals surface area contributed by atoms with E-state index in [0.29, 0.717) is 5.02 Å². The quantitative estimate of drug-likeness (QED) is 0.228. The second-order valence-electron chi connectivity index (χ2n) is 6.72. The van der Waals surface area contributed by atoms with Crippen molar-refractivity contribution in [2.75, 3.05) is 0 Å². The topological polar surface area (TPSA) is 12.4 Å². The molecule has 0 unspecified atom stereocenters. The Morgan fingerprint density at radius 1 is 0.633 bits per heavy atom. The minimum atomic E-state index is -0.755. The number of rotatable bonds is 6. The van der Waals surface area contributed by atoms with Crippen LogP contribution in [0.3, 0.4) is 0 Å². The second-order valence-corrected chi connectivity index (χ2v) is 9.38. The summed E-state index contributed by atoms with van der Waals surface area (Å²) in [4.78, 5) is 4.78. The van der Waals surface area contributed by atoms with Crippen LogP contribution in [0.4, 0.5) is 5.69 Å². The van der Waals surface area contributed by atoms with Crippen LogP contribution in [0.5, 0.6) is 0 Å². The van der Waals surface area contributed by atoms with Gasteiger partial charge in [0, 0.05) is 16.6 Å². The maximum absolute atomic E-state index is 6.03. The van der Waals surface area contributed by atoms with Crippen LogP contribution < -0.4 is 10.6 Å². The molecular weight excluding hydrogens is 405 g/mol. The molecule has 0 amide bonds. The Labute approximate surface area is 184 Å². The van der Waals surface area contributed by atoms with Crippen molar-refractivity contribution in [1.29, 1.82) is 0 Å². The summed E-state index contributed by atoms with van der Waals surface area (Å²) in [6, 6.07) is 39.4. The molecule has 3 heteroatoms. The van der Waals surface area contributed by atoms with E-state index in [-0.39, 0.29) is 0 Å². The van der Waals surface area contributed by atoms with E-state index in [9.17, 15) is 0 Å². The van der Waals surface area contributed by atoms with Crippen molar-refractivity contribution in [1.82, 2.24) is 0 Å². The Kier molecular flexibility index (Phi) is 6.87. The highest BCUT2D eigenvalue weighted by molar-refractivity contribution is 7.77. The van der Waals surface area contributed by atoms with Crippen LogP contribution in [-0.4, -0.2) is 6.21 Å². The van der Waals surface area contributed by atoms with E-state index in [0.717, 1.165) is 11.3 Å². The fourth-order valence-corrected chi connectivity index (χ4v) is 5.56. The van der Waals surface area contributed by atoms with Crippen molar-refractivity contribution < 1.29 is 0 Å². The van der Waals surface area contributed by atoms with Gasteiger partial charge in [-0.2, -0.15) is 0 Å². The van der Waals surface area contributed by atoms with E-state index in [1.54, 1.807) is 0 Å². The smallest absolute Gasteiger partial charge is 0.0630 e. The van der Waals surface area contributed by atoms with Gasteiger partial charge in [0.15, 0.2) is 0 Å². The van der Waals surface area contributed by atoms with Gasteiger partial charge >= 0.3 is 0 Å². The van der Waals surface area contributed by atoms with Crippen LogP contribution >= 0.6 is 19.5 Å². The van der Waals surface area contributed by atoms with Gasteiger partial charge in [-0.1, -0.05) is 103 Å². The Morgan fingerprint density at radius 2 is 1.13 bits per heavy atom. The van der Waals surface area contributed by atoms with Crippen molar-refractivity contribution in [3.63, 3.8) is 0 Å². The summed E-state index contributed by atoms with van der Waals surface area (Å²) in [5.41, 5.74) is 2.05. The van der Waals surface area contributed by atoms with Crippen LogP contribution in [0.1, 0.15) is 5.56 Å². The van der Waals surface area contributed by atoms with Crippen LogP contribution in [0.25, 0.3) is 6.08 Å². The average Bonchev–Trinajstić information content (AvgIpc) is 2.81. The molecule has 0 aliphatic heterocycles. The van der Waals surface area contributed by atoms with Gasteiger partial charge in [-0.05, 0) is 54.4 Å². The maximum Gasteiger partial charge on any atom is 0.0630 e. The third-order valence-corrected chi connectivity index (χ3v) is 7.22. The summed E-state index contributed by atoms with van der Waals surface area (Å²) in [5.74, 6) is 0. The Balaban J connectivity index is 1.83. The molecule has 4 aromatic carbocycles. The molecule has 4 rings (SSSR count). The first-order valence-corrected chi connectivity index (χ1v) is 11.5. The molecule has 0 aromatic heterocycles. The molecule has 30 heavy (non-hydrogen) atoms. The highest BCUT2D eigenvalue weighted by Crippen LogP contribution is 2.43. The highest BCUT2D eigenvalue weighted by atomic mass is 35.5. The normalized spacial score (nSPS) is 11.9. The fourth-order valence-electron chi connectivity index (χ4n) is 3.15. The lowest BCUT2D eigenvalue weighted by atomic mass is 10.2. The van der Waals surface area contributed by atoms with Crippen LogP contribution in [0.15, 0.2) is 126 Å². The Hall–Kier alpha value is -2.99. The summed E-state index contributed by atoms with van der Waals surface area (Å²) >= 11 is 6.03. The average molecular weight is 426 g/mol. The molecule has 0 heterocycles. The van der Waals surface area contributed by atoms with Crippen LogP contribution in [0, 0.1) is 0 Å². The lowest BCUT2D eigenvalue weighted by Gasteiger charge is -2.20. The van der Waals surface area contributed by atoms with Gasteiger partial charge in [0.1, 0.15) is 0 Å². The minimum Gasteiger partial charge on any atom is -0.256 e. The molecule has 0 aliphatic rings. The van der Waals surface area contributed by atoms with Gasteiger partial charge in [-0.15, -0.1) is 0 Å². The first-order chi connectivity index (χ1) is 14.8. The lowest BCUT2D eigenvalue weighted by molar-refractivity contribution is 1.54. The molecule has 1 nitrogen and oxygen atoms in total. The van der Waals surface area contributed by atoms with Crippen LogP contribution in [-0.2, 0) is 0 Å². The molecular formula is C27H21ClNP. The molecule has 0 radical (unpaired) electrons. The fraction of sp³-hybridized carbons (Fsp3) is 0. The van der Waals surface area contributed by atoms with E-state index in [1.807, 2.05) is 36.5 Å². The summed E-state index contributed by atoms with van der Waals surface area (Å²) in [6.07, 6.45) is 4.24. The maximum atomic E-state index is 6.03. The third kappa shape index (κ3) is 5.33. The SMILES string of the molecule is Clc1ccc(N=C/C(=C\c2ccccc2)P(c2ccccc2)c2ccccc2)cc1. The molecule has 0 atom stereocenters. The number of halogens is 1.